The molecule has 1 aromatic heterocycles. The van der Waals surface area contributed by atoms with Crippen molar-refractivity contribution < 1.29 is 4.42 Å². The van der Waals surface area contributed by atoms with E-state index in [0.717, 1.165) is 5.25 Å². The highest BCUT2D eigenvalue weighted by Gasteiger charge is 2.25. The maximum atomic E-state index is 5.13. The van der Waals surface area contributed by atoms with Crippen molar-refractivity contribution in [3.63, 3.8) is 0 Å². The van der Waals surface area contributed by atoms with Crippen LogP contribution in [-0.4, -0.2) is 17.5 Å². The molecule has 1 N–H and O–H groups in total. The molecular formula is C13H21NOS. The predicted molar refractivity (Wildman–Crippen MR) is 69.8 cm³/mol. The number of thioether (sulfide) groups is 1. The van der Waals surface area contributed by atoms with E-state index in [0.29, 0.717) is 12.1 Å². The molecule has 1 saturated carbocycles. The first-order chi connectivity index (χ1) is 7.81. The van der Waals surface area contributed by atoms with Crippen molar-refractivity contribution >= 4 is 11.8 Å². The molecule has 2 rings (SSSR count). The molecule has 1 aliphatic rings. The molecule has 0 bridgehead atoms. The maximum Gasteiger partial charge on any atom is 0.0950 e. The normalized spacial score (nSPS) is 27.9. The molecule has 3 atom stereocenters. The smallest absolute Gasteiger partial charge is 0.0950 e. The molecule has 0 radical (unpaired) electrons. The maximum absolute atomic E-state index is 5.13. The summed E-state index contributed by atoms with van der Waals surface area (Å²) in [5.74, 6) is 0. The third-order valence-electron chi connectivity index (χ3n) is 3.51. The van der Waals surface area contributed by atoms with Crippen molar-refractivity contribution in [2.24, 2.45) is 0 Å². The van der Waals surface area contributed by atoms with Crippen LogP contribution in [0.5, 0.6) is 0 Å². The Morgan fingerprint density at radius 1 is 1.44 bits per heavy atom. The van der Waals surface area contributed by atoms with Gasteiger partial charge < -0.3 is 9.73 Å². The van der Waals surface area contributed by atoms with Crippen LogP contribution in [0.4, 0.5) is 0 Å². The van der Waals surface area contributed by atoms with Crippen LogP contribution in [0, 0.1) is 0 Å². The zero-order chi connectivity index (χ0) is 11.4. The lowest BCUT2D eigenvalue weighted by atomic mass is 9.94. The minimum absolute atomic E-state index is 0.400. The van der Waals surface area contributed by atoms with E-state index in [1.807, 2.05) is 18.0 Å². The average Bonchev–Trinajstić information content (AvgIpc) is 2.83. The van der Waals surface area contributed by atoms with Crippen LogP contribution in [0.15, 0.2) is 23.0 Å². The van der Waals surface area contributed by atoms with E-state index in [1.54, 1.807) is 6.26 Å². The fraction of sp³-hybridized carbons (Fsp3) is 0.692. The lowest BCUT2D eigenvalue weighted by molar-refractivity contribution is 0.355. The summed E-state index contributed by atoms with van der Waals surface area (Å²) in [6.07, 6.45) is 11.3. The van der Waals surface area contributed by atoms with E-state index in [-0.39, 0.29) is 0 Å². The molecule has 0 aliphatic heterocycles. The van der Waals surface area contributed by atoms with Crippen LogP contribution >= 0.6 is 11.8 Å². The Morgan fingerprint density at radius 3 is 2.94 bits per heavy atom. The van der Waals surface area contributed by atoms with Crippen molar-refractivity contribution in [3.05, 3.63) is 24.2 Å². The van der Waals surface area contributed by atoms with Crippen molar-refractivity contribution in [1.82, 2.24) is 5.32 Å². The van der Waals surface area contributed by atoms with Gasteiger partial charge in [0.1, 0.15) is 0 Å². The van der Waals surface area contributed by atoms with Gasteiger partial charge in [0.25, 0.3) is 0 Å². The predicted octanol–water partition coefficient (Wildman–Crippen LogP) is 3.60. The first kappa shape index (κ1) is 12.1. The van der Waals surface area contributed by atoms with Gasteiger partial charge in [0.05, 0.1) is 12.5 Å². The minimum atomic E-state index is 0.400. The summed E-state index contributed by atoms with van der Waals surface area (Å²) in [7, 11) is 0. The van der Waals surface area contributed by atoms with Crippen LogP contribution < -0.4 is 5.32 Å². The number of rotatable bonds is 4. The van der Waals surface area contributed by atoms with Crippen LogP contribution in [0.2, 0.25) is 0 Å². The molecule has 1 heterocycles. The Bertz CT molecular complexity index is 299. The van der Waals surface area contributed by atoms with Gasteiger partial charge in [0.15, 0.2) is 0 Å². The molecule has 1 aromatic rings. The molecule has 1 fully saturated rings. The van der Waals surface area contributed by atoms with Crippen LogP contribution in [0.1, 0.15) is 44.2 Å². The van der Waals surface area contributed by atoms with E-state index in [9.17, 15) is 0 Å². The van der Waals surface area contributed by atoms with Gasteiger partial charge in [0, 0.05) is 22.9 Å². The average molecular weight is 239 g/mol. The highest BCUT2D eigenvalue weighted by molar-refractivity contribution is 7.99. The highest BCUT2D eigenvalue weighted by Crippen LogP contribution is 2.29. The SMILES string of the molecule is CSC1CCCCC1NC(C)c1ccoc1. The van der Waals surface area contributed by atoms with E-state index < -0.39 is 0 Å². The molecule has 90 valence electrons. The minimum Gasteiger partial charge on any atom is -0.472 e. The van der Waals surface area contributed by atoms with Crippen molar-refractivity contribution in [2.45, 2.75) is 49.9 Å². The number of nitrogens with one attached hydrogen (secondary N) is 1. The van der Waals surface area contributed by atoms with E-state index in [4.69, 9.17) is 4.42 Å². The summed E-state index contributed by atoms with van der Waals surface area (Å²) < 4.78 is 5.13. The van der Waals surface area contributed by atoms with Crippen molar-refractivity contribution in [2.75, 3.05) is 6.26 Å². The molecule has 16 heavy (non-hydrogen) atoms. The zero-order valence-electron chi connectivity index (χ0n) is 10.1. The molecule has 1 aliphatic carbocycles. The van der Waals surface area contributed by atoms with Gasteiger partial charge in [-0.25, -0.2) is 0 Å². The van der Waals surface area contributed by atoms with Gasteiger partial charge in [0.2, 0.25) is 0 Å². The molecule has 3 heteroatoms. The second-order valence-electron chi connectivity index (χ2n) is 4.61. The fourth-order valence-corrected chi connectivity index (χ4v) is 3.45. The lowest BCUT2D eigenvalue weighted by Gasteiger charge is -2.33. The van der Waals surface area contributed by atoms with Crippen LogP contribution in [0.3, 0.4) is 0 Å². The third-order valence-corrected chi connectivity index (χ3v) is 4.68. The molecule has 0 aromatic carbocycles. The van der Waals surface area contributed by atoms with E-state index in [1.165, 1.54) is 31.2 Å². The van der Waals surface area contributed by atoms with Gasteiger partial charge in [-0.1, -0.05) is 12.8 Å². The summed E-state index contributed by atoms with van der Waals surface area (Å²) in [5.41, 5.74) is 1.26. The Morgan fingerprint density at radius 2 is 2.25 bits per heavy atom. The summed E-state index contributed by atoms with van der Waals surface area (Å²) >= 11 is 2.01. The first-order valence-corrected chi connectivity index (χ1v) is 7.41. The van der Waals surface area contributed by atoms with Gasteiger partial charge in [-0.15, -0.1) is 0 Å². The van der Waals surface area contributed by atoms with Gasteiger partial charge in [-0.05, 0) is 32.1 Å². The Labute approximate surface area is 102 Å². The molecule has 0 amide bonds. The van der Waals surface area contributed by atoms with Gasteiger partial charge in [-0.2, -0.15) is 11.8 Å². The second-order valence-corrected chi connectivity index (χ2v) is 5.69. The summed E-state index contributed by atoms with van der Waals surface area (Å²) in [6.45, 7) is 2.22. The summed E-state index contributed by atoms with van der Waals surface area (Å²) in [4.78, 5) is 0. The molecular weight excluding hydrogens is 218 g/mol. The van der Waals surface area contributed by atoms with E-state index >= 15 is 0 Å². The quantitative estimate of drug-likeness (QED) is 0.869. The Balaban J connectivity index is 1.92. The monoisotopic (exact) mass is 239 g/mol. The lowest BCUT2D eigenvalue weighted by Crippen LogP contribution is -2.41. The zero-order valence-corrected chi connectivity index (χ0v) is 10.9. The standard InChI is InChI=1S/C13H21NOS/c1-10(11-7-8-15-9-11)14-12-5-3-4-6-13(12)16-2/h7-10,12-14H,3-6H2,1-2H3. The molecule has 0 saturated heterocycles. The van der Waals surface area contributed by atoms with Gasteiger partial charge in [-0.3, -0.25) is 0 Å². The first-order valence-electron chi connectivity index (χ1n) is 6.12. The highest BCUT2D eigenvalue weighted by atomic mass is 32.2. The van der Waals surface area contributed by atoms with Crippen molar-refractivity contribution in [1.29, 1.82) is 0 Å². The summed E-state index contributed by atoms with van der Waals surface area (Å²) in [6, 6.07) is 3.11. The molecule has 3 unspecified atom stereocenters. The Kier molecular flexibility index (Phi) is 4.36. The molecule has 0 spiro atoms. The van der Waals surface area contributed by atoms with Crippen LogP contribution in [-0.2, 0) is 0 Å². The molecule has 2 nitrogen and oxygen atoms in total. The van der Waals surface area contributed by atoms with E-state index in [2.05, 4.69) is 24.6 Å². The third kappa shape index (κ3) is 2.83. The number of hydrogen-bond acceptors (Lipinski definition) is 3. The number of furan rings is 1. The van der Waals surface area contributed by atoms with Crippen LogP contribution in [0.25, 0.3) is 0 Å². The second kappa shape index (κ2) is 5.78. The Hall–Kier alpha value is -0.410. The fourth-order valence-electron chi connectivity index (χ4n) is 2.51. The number of hydrogen-bond donors (Lipinski definition) is 1. The topological polar surface area (TPSA) is 25.2 Å². The van der Waals surface area contributed by atoms with Crippen molar-refractivity contribution in [3.8, 4) is 0 Å². The largest absolute Gasteiger partial charge is 0.472 e. The van der Waals surface area contributed by atoms with Gasteiger partial charge >= 0.3 is 0 Å². The summed E-state index contributed by atoms with van der Waals surface area (Å²) in [5, 5.41) is 4.52.